The Hall–Kier alpha value is -2.59. The van der Waals surface area contributed by atoms with Crippen LogP contribution in [0.3, 0.4) is 0 Å². The second-order valence-corrected chi connectivity index (χ2v) is 6.88. The highest BCUT2D eigenvalue weighted by Crippen LogP contribution is 2.35. The van der Waals surface area contributed by atoms with Gasteiger partial charge in [-0.05, 0) is 36.1 Å². The van der Waals surface area contributed by atoms with Crippen molar-refractivity contribution in [3.8, 4) is 5.75 Å². The van der Waals surface area contributed by atoms with Crippen LogP contribution in [0.25, 0.3) is 0 Å². The zero-order valence-electron chi connectivity index (χ0n) is 15.7. The smallest absolute Gasteiger partial charge is 0.416 e. The maximum atomic E-state index is 13.0. The number of carbonyl (C=O) groups is 2. The van der Waals surface area contributed by atoms with Gasteiger partial charge in [-0.2, -0.15) is 13.2 Å². The number of hydrogen-bond donors (Lipinski definition) is 2. The van der Waals surface area contributed by atoms with E-state index >= 15 is 0 Å². The highest BCUT2D eigenvalue weighted by molar-refractivity contribution is 7.12. The third-order valence-corrected chi connectivity index (χ3v) is 4.61. The highest BCUT2D eigenvalue weighted by atomic mass is 32.1. The number of benzene rings is 1. The molecule has 0 saturated carbocycles. The zero-order valence-corrected chi connectivity index (χ0v) is 16.5. The van der Waals surface area contributed by atoms with Gasteiger partial charge in [0.05, 0.1) is 22.7 Å². The normalized spacial score (nSPS) is 11.2. The van der Waals surface area contributed by atoms with Crippen molar-refractivity contribution in [2.24, 2.45) is 0 Å². The number of nitrogens with one attached hydrogen (secondary N) is 2. The molecule has 1 aromatic carbocycles. The summed E-state index contributed by atoms with van der Waals surface area (Å²) in [5.41, 5.74) is -0.960. The van der Waals surface area contributed by atoms with Gasteiger partial charge < -0.3 is 20.1 Å². The Balaban J connectivity index is 1.91. The molecule has 0 fully saturated rings. The van der Waals surface area contributed by atoms with Crippen molar-refractivity contribution in [3.63, 3.8) is 0 Å². The molecule has 0 aliphatic rings. The van der Waals surface area contributed by atoms with Gasteiger partial charge in [0.15, 0.2) is 0 Å². The first-order valence-electron chi connectivity index (χ1n) is 8.76. The van der Waals surface area contributed by atoms with Crippen LogP contribution >= 0.6 is 11.3 Å². The van der Waals surface area contributed by atoms with Gasteiger partial charge in [-0.3, -0.25) is 9.59 Å². The fourth-order valence-corrected chi connectivity index (χ4v) is 2.96. The Kier molecular flexibility index (Phi) is 8.47. The molecule has 6 nitrogen and oxygen atoms in total. The van der Waals surface area contributed by atoms with Gasteiger partial charge in [-0.25, -0.2) is 0 Å². The summed E-state index contributed by atoms with van der Waals surface area (Å²) in [4.78, 5) is 24.5. The van der Waals surface area contributed by atoms with Crippen molar-refractivity contribution in [1.82, 2.24) is 5.32 Å². The van der Waals surface area contributed by atoms with Gasteiger partial charge in [-0.1, -0.05) is 6.07 Å². The van der Waals surface area contributed by atoms with Crippen LogP contribution < -0.4 is 15.4 Å². The Labute approximate surface area is 170 Å². The molecule has 0 saturated heterocycles. The third-order valence-electron chi connectivity index (χ3n) is 3.74. The van der Waals surface area contributed by atoms with Crippen LogP contribution in [0.4, 0.5) is 18.9 Å². The van der Waals surface area contributed by atoms with E-state index in [4.69, 9.17) is 9.47 Å². The molecule has 0 spiro atoms. The van der Waals surface area contributed by atoms with E-state index in [0.717, 1.165) is 18.2 Å². The number of carbonyl (C=O) groups excluding carboxylic acids is 2. The predicted molar refractivity (Wildman–Crippen MR) is 103 cm³/mol. The van der Waals surface area contributed by atoms with Gasteiger partial charge in [0.2, 0.25) is 5.91 Å². The molecular weight excluding hydrogens is 409 g/mol. The minimum Gasteiger partial charge on any atom is -0.489 e. The topological polar surface area (TPSA) is 76.7 Å². The summed E-state index contributed by atoms with van der Waals surface area (Å²) in [6.07, 6.45) is -4.18. The average molecular weight is 430 g/mol. The van der Waals surface area contributed by atoms with Crippen LogP contribution in [0.5, 0.6) is 5.75 Å². The summed E-state index contributed by atoms with van der Waals surface area (Å²) >= 11 is 1.30. The lowest BCUT2D eigenvalue weighted by Crippen LogP contribution is -2.24. The number of hydrogen-bond acceptors (Lipinski definition) is 5. The van der Waals surface area contributed by atoms with E-state index in [-0.39, 0.29) is 43.5 Å². The molecule has 2 amide bonds. The summed E-state index contributed by atoms with van der Waals surface area (Å²) in [7, 11) is 1.47. The summed E-state index contributed by atoms with van der Waals surface area (Å²) in [6.45, 7) is 0.641. The van der Waals surface area contributed by atoms with Gasteiger partial charge >= 0.3 is 6.18 Å². The minimum atomic E-state index is -4.55. The van der Waals surface area contributed by atoms with Crippen molar-refractivity contribution >= 4 is 28.8 Å². The van der Waals surface area contributed by atoms with Crippen LogP contribution in [-0.2, 0) is 15.7 Å². The van der Waals surface area contributed by atoms with E-state index in [1.54, 1.807) is 17.5 Å². The molecule has 1 heterocycles. The van der Waals surface area contributed by atoms with Crippen molar-refractivity contribution in [2.75, 3.05) is 32.2 Å². The molecule has 0 bridgehead atoms. The van der Waals surface area contributed by atoms with Crippen LogP contribution in [0.1, 0.15) is 28.1 Å². The van der Waals surface area contributed by atoms with E-state index in [0.29, 0.717) is 11.3 Å². The Morgan fingerprint density at radius 2 is 1.97 bits per heavy atom. The van der Waals surface area contributed by atoms with Crippen molar-refractivity contribution in [2.45, 2.75) is 19.0 Å². The number of halogens is 3. The summed E-state index contributed by atoms with van der Waals surface area (Å²) in [6, 6.07) is 6.33. The SMILES string of the molecule is COCCOc1ccc(C(F)(F)F)cc1NC(=O)CCCNC(=O)c1cccs1. The molecule has 29 heavy (non-hydrogen) atoms. The van der Waals surface area contributed by atoms with Gasteiger partial charge in [-0.15, -0.1) is 11.3 Å². The molecule has 0 radical (unpaired) electrons. The molecule has 1 aromatic heterocycles. The lowest BCUT2D eigenvalue weighted by Gasteiger charge is -2.15. The number of thiophene rings is 1. The minimum absolute atomic E-state index is 0.0263. The van der Waals surface area contributed by atoms with Crippen LogP contribution in [-0.4, -0.2) is 38.7 Å². The van der Waals surface area contributed by atoms with Crippen LogP contribution in [0, 0.1) is 0 Å². The zero-order chi connectivity index (χ0) is 21.3. The Bertz CT molecular complexity index is 810. The van der Waals surface area contributed by atoms with Gasteiger partial charge in [0, 0.05) is 20.1 Å². The summed E-state index contributed by atoms with van der Waals surface area (Å²) < 4.78 is 49.1. The second kappa shape index (κ2) is 10.8. The van der Waals surface area contributed by atoms with Gasteiger partial charge in [0.25, 0.3) is 5.91 Å². The predicted octanol–water partition coefficient (Wildman–Crippen LogP) is 3.94. The largest absolute Gasteiger partial charge is 0.489 e. The maximum Gasteiger partial charge on any atom is 0.416 e. The second-order valence-electron chi connectivity index (χ2n) is 5.93. The maximum absolute atomic E-state index is 13.0. The number of anilines is 1. The average Bonchev–Trinajstić information content (AvgIpc) is 3.20. The standard InChI is InChI=1S/C19H21F3N2O4S/c1-27-9-10-28-15-7-6-13(19(20,21)22)12-14(15)24-17(25)5-2-8-23-18(26)16-4-3-11-29-16/h3-4,6-7,11-12H,2,5,8-10H2,1H3,(H,23,26)(H,24,25). The van der Waals surface area contributed by atoms with E-state index < -0.39 is 17.6 Å². The number of rotatable bonds is 10. The fraction of sp³-hybridized carbons (Fsp3) is 0.368. The fourth-order valence-electron chi connectivity index (χ4n) is 2.32. The van der Waals surface area contributed by atoms with E-state index in [9.17, 15) is 22.8 Å². The molecule has 10 heteroatoms. The first-order chi connectivity index (χ1) is 13.8. The Morgan fingerprint density at radius 1 is 1.17 bits per heavy atom. The highest BCUT2D eigenvalue weighted by Gasteiger charge is 2.31. The number of ether oxygens (including phenoxy) is 2. The number of methoxy groups -OCH3 is 1. The van der Waals surface area contributed by atoms with Crippen molar-refractivity contribution < 1.29 is 32.2 Å². The molecular formula is C19H21F3N2O4S. The molecule has 2 rings (SSSR count). The Morgan fingerprint density at radius 3 is 2.62 bits per heavy atom. The van der Waals surface area contributed by atoms with Gasteiger partial charge in [0.1, 0.15) is 12.4 Å². The van der Waals surface area contributed by atoms with E-state index in [1.807, 2.05) is 0 Å². The third kappa shape index (κ3) is 7.39. The van der Waals surface area contributed by atoms with Crippen LogP contribution in [0.15, 0.2) is 35.7 Å². The molecule has 158 valence electrons. The first-order valence-corrected chi connectivity index (χ1v) is 9.63. The molecule has 0 aliphatic carbocycles. The summed E-state index contributed by atoms with van der Waals surface area (Å²) in [5.74, 6) is -0.590. The lowest BCUT2D eigenvalue weighted by atomic mass is 10.1. The number of amides is 2. The first kappa shape index (κ1) is 22.7. The quantitative estimate of drug-likeness (QED) is 0.560. The monoisotopic (exact) mass is 430 g/mol. The van der Waals surface area contributed by atoms with E-state index in [1.165, 1.54) is 18.4 Å². The molecule has 0 unspecified atom stereocenters. The lowest BCUT2D eigenvalue weighted by molar-refractivity contribution is -0.137. The molecule has 0 atom stereocenters. The van der Waals surface area contributed by atoms with Crippen LogP contribution in [0.2, 0.25) is 0 Å². The van der Waals surface area contributed by atoms with Crippen molar-refractivity contribution in [1.29, 1.82) is 0 Å². The van der Waals surface area contributed by atoms with Crippen molar-refractivity contribution in [3.05, 3.63) is 46.2 Å². The summed E-state index contributed by atoms with van der Waals surface area (Å²) in [5, 5.41) is 6.91. The molecule has 0 aliphatic heterocycles. The number of alkyl halides is 3. The van der Waals surface area contributed by atoms with E-state index in [2.05, 4.69) is 10.6 Å². The molecule has 2 aromatic rings. The molecule has 2 N–H and O–H groups in total.